The number of allylic oxidation sites excluding steroid dienone is 4. The van der Waals surface area contributed by atoms with Crippen LogP contribution in [0.4, 0.5) is 0 Å². The van der Waals surface area contributed by atoms with Gasteiger partial charge in [0.05, 0.1) is 0 Å². The number of halogens is 2. The number of fused-ring (bicyclic) bond motifs is 1. The molecule has 2 atom stereocenters. The molecule has 0 N–H and O–H groups in total. The first-order chi connectivity index (χ1) is 9.74. The van der Waals surface area contributed by atoms with E-state index in [0.29, 0.717) is 0 Å². The first-order valence-electron chi connectivity index (χ1n) is 8.98. The van der Waals surface area contributed by atoms with Crippen molar-refractivity contribution in [3.8, 4) is 0 Å². The van der Waals surface area contributed by atoms with Crippen LogP contribution in [0.25, 0.3) is 0 Å². The van der Waals surface area contributed by atoms with E-state index in [1.807, 2.05) is 5.57 Å². The molecule has 2 aliphatic carbocycles. The molecule has 0 aliphatic heterocycles. The first-order valence-corrected chi connectivity index (χ1v) is 35.1. The topological polar surface area (TPSA) is 3.24 Å². The Balaban J connectivity index is 0.00000264. The second-order valence-electron chi connectivity index (χ2n) is 10.6. The van der Waals surface area contributed by atoms with E-state index >= 15 is 0 Å². The van der Waals surface area contributed by atoms with Crippen molar-refractivity contribution in [3.05, 3.63) is 23.8 Å². The van der Waals surface area contributed by atoms with E-state index in [0.717, 1.165) is 9.59 Å². The molecule has 1 saturated carbocycles. The summed E-state index contributed by atoms with van der Waals surface area (Å²) >= 11 is -3.09. The Morgan fingerprint density at radius 1 is 1.00 bits per heavy atom. The quantitative estimate of drug-likeness (QED) is 0.356. The second kappa shape index (κ2) is 7.88. The van der Waals surface area contributed by atoms with Gasteiger partial charge >= 0.3 is 144 Å². The van der Waals surface area contributed by atoms with Crippen LogP contribution < -0.4 is 0 Å². The van der Waals surface area contributed by atoms with Crippen molar-refractivity contribution in [2.45, 2.75) is 71.6 Å². The maximum atomic E-state index is 3.28. The molecule has 2 rings (SSSR count). The summed E-state index contributed by atoms with van der Waals surface area (Å²) in [6.45, 7) is 18.1. The molecule has 1 fully saturated rings. The summed E-state index contributed by atoms with van der Waals surface area (Å²) < 4.78 is 9.79. The van der Waals surface area contributed by atoms with Gasteiger partial charge in [0.2, 0.25) is 0 Å². The van der Waals surface area contributed by atoms with E-state index in [1.165, 1.54) is 19.3 Å². The predicted molar refractivity (Wildman–Crippen MR) is 122 cm³/mol. The van der Waals surface area contributed by atoms with Crippen LogP contribution in [-0.2, 0) is 17.4 Å². The summed E-state index contributed by atoms with van der Waals surface area (Å²) in [4.78, 5) is 0. The molecule has 1 nitrogen and oxygen atoms in total. The predicted octanol–water partition coefficient (Wildman–Crippen LogP) is 6.14. The van der Waals surface area contributed by atoms with Crippen molar-refractivity contribution < 1.29 is 17.4 Å². The van der Waals surface area contributed by atoms with Crippen molar-refractivity contribution in [1.29, 1.82) is 0 Å². The Morgan fingerprint density at radius 2 is 1.50 bits per heavy atom. The zero-order valence-corrected chi connectivity index (χ0v) is 25.6. The van der Waals surface area contributed by atoms with Crippen LogP contribution in [0, 0.1) is 5.92 Å². The molecule has 2 unspecified atom stereocenters. The summed E-state index contributed by atoms with van der Waals surface area (Å²) in [5.74, 6) is 0.875. The van der Waals surface area contributed by atoms with Gasteiger partial charge in [-0.25, -0.2) is 0 Å². The molecule has 0 amide bonds. The fraction of sp³-hybridized carbons (Fsp3) is 0.765. The van der Waals surface area contributed by atoms with Gasteiger partial charge in [-0.15, -0.1) is 24.8 Å². The van der Waals surface area contributed by atoms with Gasteiger partial charge in [0.15, 0.2) is 0 Å². The van der Waals surface area contributed by atoms with Crippen molar-refractivity contribution in [3.63, 3.8) is 0 Å². The molecular formula is C17H39Cl2HfNSi3. The van der Waals surface area contributed by atoms with Gasteiger partial charge in [0.1, 0.15) is 0 Å². The summed E-state index contributed by atoms with van der Waals surface area (Å²) in [7, 11) is -2.60. The van der Waals surface area contributed by atoms with E-state index in [-0.39, 0.29) is 24.8 Å². The van der Waals surface area contributed by atoms with Gasteiger partial charge in [0.25, 0.3) is 0 Å². The fourth-order valence-electron chi connectivity index (χ4n) is 6.26. The molecule has 24 heavy (non-hydrogen) atoms. The zero-order chi connectivity index (χ0) is 17.0. The van der Waals surface area contributed by atoms with E-state index < -0.39 is 33.9 Å². The van der Waals surface area contributed by atoms with Crippen molar-refractivity contribution in [2.24, 2.45) is 5.92 Å². The van der Waals surface area contributed by atoms with Gasteiger partial charge < -0.3 is 0 Å². The summed E-state index contributed by atoms with van der Waals surface area (Å²) in [6, 6.07) is 0. The van der Waals surface area contributed by atoms with Gasteiger partial charge in [-0.05, 0) is 0 Å². The molecular weight excluding hydrogens is 552 g/mol. The maximum Gasteiger partial charge on any atom is -0.147 e. The SMILES string of the molecule is C[Si](C)(C)[N]([Si](C)(C)C)[Hf]([CH3])([CH3])(=[SiH2])[CH]1CCC2CC=CC=C21.Cl.Cl. The summed E-state index contributed by atoms with van der Waals surface area (Å²) in [5.41, 5.74) is 1.85. The Hall–Kier alpha value is 1.54. The summed E-state index contributed by atoms with van der Waals surface area (Å²) in [5, 5.41) is 0. The third-order valence-electron chi connectivity index (χ3n) is 5.70. The van der Waals surface area contributed by atoms with Crippen LogP contribution in [0.5, 0.6) is 0 Å². The minimum absolute atomic E-state index is 0. The van der Waals surface area contributed by atoms with Crippen molar-refractivity contribution in [2.75, 3.05) is 0 Å². The maximum absolute atomic E-state index is 3.28. The van der Waals surface area contributed by atoms with Gasteiger partial charge in [-0.2, -0.15) is 0 Å². The zero-order valence-electron chi connectivity index (χ0n) is 17.0. The average Bonchev–Trinajstić information content (AvgIpc) is 2.66. The third kappa shape index (κ3) is 4.87. The summed E-state index contributed by atoms with van der Waals surface area (Å²) in [6.07, 6.45) is 11.5. The smallest absolute Gasteiger partial charge is 0.147 e. The molecule has 0 aromatic heterocycles. The molecule has 0 heterocycles. The monoisotopic (exact) mass is 591 g/mol. The molecule has 0 spiro atoms. The fourth-order valence-corrected chi connectivity index (χ4v) is 106. The van der Waals surface area contributed by atoms with Gasteiger partial charge in [-0.3, -0.25) is 0 Å². The van der Waals surface area contributed by atoms with Crippen molar-refractivity contribution in [1.82, 2.24) is 2.22 Å². The van der Waals surface area contributed by atoms with Crippen LogP contribution in [-0.4, -0.2) is 25.6 Å². The molecule has 0 bridgehead atoms. The Morgan fingerprint density at radius 3 is 1.96 bits per heavy atom. The average molecular weight is 591 g/mol. The van der Waals surface area contributed by atoms with Gasteiger partial charge in [0, 0.05) is 0 Å². The standard InChI is InChI=1S/C9H11.C6H18NSi2.2CH3.2ClH.Hf.H2Si/c1-2-5-9-7-3-6-8(9)4-1;1-8(2,3)7-9(4,5)6;;;;;;/h1-2,4,6,9H,3,5,7H2;1-6H3;2*1H3;2*1H;;1H2/q;-1;;;;;+1;. The molecule has 0 saturated heterocycles. The number of hydrogen-bond donors (Lipinski definition) is 0. The number of nitrogens with zero attached hydrogens (tertiary/aromatic N) is 1. The van der Waals surface area contributed by atoms with Crippen LogP contribution in [0.1, 0.15) is 19.3 Å². The number of rotatable bonds is 4. The second-order valence-corrected chi connectivity index (χ2v) is 65.0. The van der Waals surface area contributed by atoms with E-state index in [2.05, 4.69) is 76.0 Å². The van der Waals surface area contributed by atoms with Crippen LogP contribution >= 0.6 is 24.8 Å². The Bertz CT molecular complexity index is 568. The number of hydrogen-bond acceptors (Lipinski definition) is 1. The molecule has 2 aliphatic rings. The van der Waals surface area contributed by atoms with Gasteiger partial charge in [-0.1, -0.05) is 0 Å². The molecule has 142 valence electrons. The molecule has 0 aromatic carbocycles. The van der Waals surface area contributed by atoms with E-state index in [4.69, 9.17) is 0 Å². The van der Waals surface area contributed by atoms with Crippen molar-refractivity contribution >= 4 is 48.2 Å². The molecule has 7 heteroatoms. The minimum atomic E-state index is -3.09. The van der Waals surface area contributed by atoms with Crippen LogP contribution in [0.2, 0.25) is 52.3 Å². The van der Waals surface area contributed by atoms with E-state index in [9.17, 15) is 0 Å². The largest absolute Gasteiger partial charge is 0.147 e. The van der Waals surface area contributed by atoms with Crippen LogP contribution in [0.3, 0.4) is 0 Å². The Labute approximate surface area is 168 Å². The molecule has 0 aromatic rings. The molecule has 0 radical (unpaired) electrons. The van der Waals surface area contributed by atoms with Crippen LogP contribution in [0.15, 0.2) is 23.8 Å². The van der Waals surface area contributed by atoms with E-state index in [1.54, 1.807) is 0 Å². The first kappa shape index (κ1) is 25.5. The normalized spacial score (nSPS) is 24.8. The Kier molecular flexibility index (Phi) is 8.39. The minimum Gasteiger partial charge on any atom is -0.147 e. The third-order valence-corrected chi connectivity index (χ3v) is 66.1.